The Labute approximate surface area is 72.8 Å². The smallest absolute Gasteiger partial charge is 0.177 e. The van der Waals surface area contributed by atoms with Crippen molar-refractivity contribution in [3.63, 3.8) is 0 Å². The van der Waals surface area contributed by atoms with Crippen LogP contribution in [0.15, 0.2) is 24.3 Å². The van der Waals surface area contributed by atoms with Crippen molar-refractivity contribution in [1.82, 2.24) is 5.32 Å². The standard InChI is InChI=1S/C10H12N2/c1-8-4-3-5-10(6-8)9(2)12-7-11/h3-6,9,12H,1-2H3/t9-/m0/s1. The van der Waals surface area contributed by atoms with Crippen molar-refractivity contribution in [2.45, 2.75) is 19.9 Å². The van der Waals surface area contributed by atoms with Gasteiger partial charge in [-0.2, -0.15) is 5.26 Å². The Balaban J connectivity index is 2.82. The van der Waals surface area contributed by atoms with Crippen LogP contribution in [-0.4, -0.2) is 0 Å². The van der Waals surface area contributed by atoms with Gasteiger partial charge in [0.15, 0.2) is 6.19 Å². The predicted octanol–water partition coefficient (Wildman–Crippen LogP) is 2.13. The van der Waals surface area contributed by atoms with Crippen molar-refractivity contribution in [3.05, 3.63) is 35.4 Å². The van der Waals surface area contributed by atoms with Crippen LogP contribution in [-0.2, 0) is 0 Å². The zero-order valence-corrected chi connectivity index (χ0v) is 7.33. The highest BCUT2D eigenvalue weighted by atomic mass is 14.9. The van der Waals surface area contributed by atoms with Gasteiger partial charge in [0.05, 0.1) is 6.04 Å². The molecule has 0 unspecified atom stereocenters. The van der Waals surface area contributed by atoms with Gasteiger partial charge in [-0.15, -0.1) is 0 Å². The van der Waals surface area contributed by atoms with E-state index in [1.165, 1.54) is 5.56 Å². The lowest BCUT2D eigenvalue weighted by Crippen LogP contribution is -2.11. The molecule has 62 valence electrons. The van der Waals surface area contributed by atoms with Crippen LogP contribution in [0.2, 0.25) is 0 Å². The highest BCUT2D eigenvalue weighted by molar-refractivity contribution is 5.24. The van der Waals surface area contributed by atoms with E-state index in [0.717, 1.165) is 5.56 Å². The zero-order valence-electron chi connectivity index (χ0n) is 7.33. The summed E-state index contributed by atoms with van der Waals surface area (Å²) in [5.74, 6) is 0. The number of benzene rings is 1. The van der Waals surface area contributed by atoms with Gasteiger partial charge in [0.1, 0.15) is 0 Å². The first-order valence-electron chi connectivity index (χ1n) is 3.95. The minimum atomic E-state index is 0.106. The molecule has 0 aliphatic carbocycles. The highest BCUT2D eigenvalue weighted by Gasteiger charge is 2.01. The lowest BCUT2D eigenvalue weighted by Gasteiger charge is -2.09. The largest absolute Gasteiger partial charge is 0.317 e. The molecular formula is C10H12N2. The van der Waals surface area contributed by atoms with Gasteiger partial charge in [-0.1, -0.05) is 29.8 Å². The molecule has 0 amide bonds. The number of nitrogens with one attached hydrogen (secondary N) is 1. The molecular weight excluding hydrogens is 148 g/mol. The molecule has 0 aliphatic rings. The first-order chi connectivity index (χ1) is 5.74. The lowest BCUT2D eigenvalue weighted by molar-refractivity contribution is 0.697. The van der Waals surface area contributed by atoms with Crippen molar-refractivity contribution in [2.75, 3.05) is 0 Å². The van der Waals surface area contributed by atoms with Crippen LogP contribution in [0.25, 0.3) is 0 Å². The minimum absolute atomic E-state index is 0.106. The van der Waals surface area contributed by atoms with Gasteiger partial charge in [0.2, 0.25) is 0 Å². The molecule has 0 saturated heterocycles. The fraction of sp³-hybridized carbons (Fsp3) is 0.300. The van der Waals surface area contributed by atoms with E-state index >= 15 is 0 Å². The van der Waals surface area contributed by atoms with Gasteiger partial charge < -0.3 is 5.32 Å². The quantitative estimate of drug-likeness (QED) is 0.531. The summed E-state index contributed by atoms with van der Waals surface area (Å²) in [5, 5.41) is 11.1. The maximum Gasteiger partial charge on any atom is 0.177 e. The summed E-state index contributed by atoms with van der Waals surface area (Å²) in [5.41, 5.74) is 2.37. The van der Waals surface area contributed by atoms with E-state index in [1.54, 1.807) is 0 Å². The Morgan fingerprint density at radius 1 is 1.50 bits per heavy atom. The first kappa shape index (κ1) is 8.61. The number of rotatable bonds is 2. The second kappa shape index (κ2) is 3.77. The molecule has 0 bridgehead atoms. The minimum Gasteiger partial charge on any atom is -0.317 e. The van der Waals surface area contributed by atoms with Crippen molar-refractivity contribution in [3.8, 4) is 6.19 Å². The van der Waals surface area contributed by atoms with Crippen LogP contribution in [0.4, 0.5) is 0 Å². The molecule has 0 radical (unpaired) electrons. The Kier molecular flexibility index (Phi) is 2.71. The van der Waals surface area contributed by atoms with Crippen LogP contribution in [0.3, 0.4) is 0 Å². The van der Waals surface area contributed by atoms with Crippen molar-refractivity contribution >= 4 is 0 Å². The SMILES string of the molecule is Cc1cccc([C@H](C)NC#N)c1. The highest BCUT2D eigenvalue weighted by Crippen LogP contribution is 2.12. The molecule has 0 heterocycles. The predicted molar refractivity (Wildman–Crippen MR) is 48.3 cm³/mol. The number of hydrogen-bond acceptors (Lipinski definition) is 2. The molecule has 1 aromatic carbocycles. The third kappa shape index (κ3) is 2.00. The van der Waals surface area contributed by atoms with E-state index in [-0.39, 0.29) is 6.04 Å². The average molecular weight is 160 g/mol. The molecule has 0 saturated carbocycles. The number of hydrogen-bond donors (Lipinski definition) is 1. The third-order valence-corrected chi connectivity index (χ3v) is 1.82. The van der Waals surface area contributed by atoms with Crippen LogP contribution >= 0.6 is 0 Å². The molecule has 0 aliphatic heterocycles. The lowest BCUT2D eigenvalue weighted by atomic mass is 10.1. The van der Waals surface area contributed by atoms with Crippen molar-refractivity contribution in [1.29, 1.82) is 5.26 Å². The topological polar surface area (TPSA) is 35.8 Å². The molecule has 0 spiro atoms. The molecule has 1 atom stereocenters. The summed E-state index contributed by atoms with van der Waals surface area (Å²) in [6, 6.07) is 8.25. The van der Waals surface area contributed by atoms with Gasteiger partial charge in [-0.05, 0) is 19.4 Å². The van der Waals surface area contributed by atoms with E-state index in [4.69, 9.17) is 5.26 Å². The summed E-state index contributed by atoms with van der Waals surface area (Å²) in [6.45, 7) is 4.01. The number of aryl methyl sites for hydroxylation is 1. The summed E-state index contributed by atoms with van der Waals surface area (Å²) in [7, 11) is 0. The summed E-state index contributed by atoms with van der Waals surface area (Å²) < 4.78 is 0. The van der Waals surface area contributed by atoms with E-state index in [9.17, 15) is 0 Å². The number of nitriles is 1. The fourth-order valence-corrected chi connectivity index (χ4v) is 1.12. The van der Waals surface area contributed by atoms with Gasteiger partial charge >= 0.3 is 0 Å². The molecule has 1 rings (SSSR count). The third-order valence-electron chi connectivity index (χ3n) is 1.82. The van der Waals surface area contributed by atoms with Gasteiger partial charge in [0.25, 0.3) is 0 Å². The Hall–Kier alpha value is -1.49. The van der Waals surface area contributed by atoms with Gasteiger partial charge in [-0.25, -0.2) is 0 Å². The number of nitrogens with zero attached hydrogens (tertiary/aromatic N) is 1. The van der Waals surface area contributed by atoms with Crippen LogP contribution in [0.5, 0.6) is 0 Å². The summed E-state index contributed by atoms with van der Waals surface area (Å²) >= 11 is 0. The zero-order chi connectivity index (χ0) is 8.97. The molecule has 2 heteroatoms. The van der Waals surface area contributed by atoms with E-state index < -0.39 is 0 Å². The van der Waals surface area contributed by atoms with Crippen molar-refractivity contribution in [2.24, 2.45) is 0 Å². The van der Waals surface area contributed by atoms with E-state index in [0.29, 0.717) is 0 Å². The molecule has 0 aromatic heterocycles. The van der Waals surface area contributed by atoms with Crippen LogP contribution < -0.4 is 5.32 Å². The van der Waals surface area contributed by atoms with E-state index in [1.807, 2.05) is 38.2 Å². The molecule has 12 heavy (non-hydrogen) atoms. The molecule has 1 N–H and O–H groups in total. The fourth-order valence-electron chi connectivity index (χ4n) is 1.12. The molecule has 2 nitrogen and oxygen atoms in total. The normalized spacial score (nSPS) is 11.8. The monoisotopic (exact) mass is 160 g/mol. The molecule has 1 aromatic rings. The van der Waals surface area contributed by atoms with E-state index in [2.05, 4.69) is 11.4 Å². The Morgan fingerprint density at radius 3 is 2.83 bits per heavy atom. The maximum absolute atomic E-state index is 8.41. The Bertz CT molecular complexity index is 299. The average Bonchev–Trinajstić information content (AvgIpc) is 2.05. The maximum atomic E-state index is 8.41. The van der Waals surface area contributed by atoms with Gasteiger partial charge in [-0.3, -0.25) is 0 Å². The van der Waals surface area contributed by atoms with Crippen molar-refractivity contribution < 1.29 is 0 Å². The second-order valence-electron chi connectivity index (χ2n) is 2.89. The van der Waals surface area contributed by atoms with Gasteiger partial charge in [0, 0.05) is 0 Å². The molecule has 0 fully saturated rings. The summed E-state index contributed by atoms with van der Waals surface area (Å²) in [4.78, 5) is 0. The summed E-state index contributed by atoms with van der Waals surface area (Å²) in [6.07, 6.45) is 1.94. The Morgan fingerprint density at radius 2 is 2.25 bits per heavy atom. The van der Waals surface area contributed by atoms with Crippen LogP contribution in [0.1, 0.15) is 24.1 Å². The van der Waals surface area contributed by atoms with Crippen LogP contribution in [0, 0.1) is 18.4 Å². The second-order valence-corrected chi connectivity index (χ2v) is 2.89. The first-order valence-corrected chi connectivity index (χ1v) is 3.95.